The largest absolute Gasteiger partial charge is 0.456 e. The van der Waals surface area contributed by atoms with Crippen molar-refractivity contribution in [3.05, 3.63) is 71.6 Å². The Kier molecular flexibility index (Phi) is 3.69. The quantitative estimate of drug-likeness (QED) is 0.360. The van der Waals surface area contributed by atoms with Gasteiger partial charge in [0, 0.05) is 35.7 Å². The first-order valence-electron chi connectivity index (χ1n) is 8.17. The zero-order chi connectivity index (χ0) is 17.4. The molecule has 0 aromatic heterocycles. The molecule has 2 aromatic rings. The van der Waals surface area contributed by atoms with Crippen molar-refractivity contribution in [3.63, 3.8) is 0 Å². The number of rotatable bonds is 2. The van der Waals surface area contributed by atoms with E-state index in [4.69, 9.17) is 4.42 Å². The highest BCUT2D eigenvalue weighted by Gasteiger charge is 2.18. The van der Waals surface area contributed by atoms with Crippen LogP contribution in [0, 0.1) is 6.92 Å². The van der Waals surface area contributed by atoms with Gasteiger partial charge in [-0.25, -0.2) is 0 Å². The Labute approximate surface area is 146 Å². The maximum Gasteiger partial charge on any atom is 0.137 e. The van der Waals surface area contributed by atoms with Crippen LogP contribution in [0.25, 0.3) is 33.4 Å². The fourth-order valence-corrected chi connectivity index (χ4v) is 3.25. The Morgan fingerprint density at radius 2 is 1.76 bits per heavy atom. The first kappa shape index (κ1) is 15.3. The average Bonchev–Trinajstić information content (AvgIpc) is 2.65. The molecule has 0 spiro atoms. The second kappa shape index (κ2) is 6.02. The van der Waals surface area contributed by atoms with Crippen molar-refractivity contribution >= 4 is 23.4 Å². The lowest BCUT2D eigenvalue weighted by Crippen LogP contribution is -2.02. The maximum atomic E-state index is 6.19. The van der Waals surface area contributed by atoms with Gasteiger partial charge >= 0.3 is 0 Å². The van der Waals surface area contributed by atoms with Crippen LogP contribution in [0.15, 0.2) is 75.1 Å². The van der Waals surface area contributed by atoms with Gasteiger partial charge in [-0.15, -0.1) is 0 Å². The minimum atomic E-state index is 0.794. The topological polar surface area (TPSA) is 37.9 Å². The van der Waals surface area contributed by atoms with Crippen LogP contribution in [0.1, 0.15) is 5.56 Å². The molecule has 122 valence electrons. The van der Waals surface area contributed by atoms with E-state index in [1.165, 1.54) is 16.7 Å². The summed E-state index contributed by atoms with van der Waals surface area (Å²) in [5, 5.41) is 1.96. The van der Waals surface area contributed by atoms with Gasteiger partial charge < -0.3 is 4.42 Å². The lowest BCUT2D eigenvalue weighted by Gasteiger charge is -2.17. The second-order valence-corrected chi connectivity index (χ2v) is 6.03. The number of benzene rings is 3. The fourth-order valence-electron chi connectivity index (χ4n) is 3.25. The first-order valence-corrected chi connectivity index (χ1v) is 8.17. The van der Waals surface area contributed by atoms with E-state index < -0.39 is 0 Å². The Morgan fingerprint density at radius 1 is 0.920 bits per heavy atom. The molecule has 0 fully saturated rings. The molecule has 0 amide bonds. The van der Waals surface area contributed by atoms with E-state index in [0.717, 1.165) is 33.3 Å². The Hall–Kier alpha value is -3.20. The van der Waals surface area contributed by atoms with Crippen molar-refractivity contribution in [3.8, 4) is 22.5 Å². The van der Waals surface area contributed by atoms with E-state index in [2.05, 4.69) is 60.0 Å². The van der Waals surface area contributed by atoms with E-state index in [1.807, 2.05) is 24.3 Å². The van der Waals surface area contributed by atoms with Crippen LogP contribution in [0.3, 0.4) is 0 Å². The zero-order valence-electron chi connectivity index (χ0n) is 14.3. The third kappa shape index (κ3) is 2.54. The van der Waals surface area contributed by atoms with Crippen molar-refractivity contribution in [2.24, 2.45) is 9.98 Å². The van der Waals surface area contributed by atoms with Crippen molar-refractivity contribution in [2.45, 2.75) is 6.92 Å². The summed E-state index contributed by atoms with van der Waals surface area (Å²) in [6.45, 7) is 5.75. The van der Waals surface area contributed by atoms with Crippen LogP contribution in [-0.4, -0.2) is 13.8 Å². The first-order chi connectivity index (χ1) is 12.2. The van der Waals surface area contributed by atoms with Crippen LogP contribution in [0.5, 0.6) is 0 Å². The molecule has 0 saturated carbocycles. The third-order valence-corrected chi connectivity index (χ3v) is 4.54. The van der Waals surface area contributed by atoms with Crippen molar-refractivity contribution in [1.29, 1.82) is 0 Å². The summed E-state index contributed by atoms with van der Waals surface area (Å²) in [7, 11) is 1.78. The lowest BCUT2D eigenvalue weighted by atomic mass is 9.91. The molecule has 1 aliphatic carbocycles. The van der Waals surface area contributed by atoms with Gasteiger partial charge in [-0.05, 0) is 49.0 Å². The SMILES string of the molecule is C=Nc1ccc2c(-c3ccccc3C)c3ccc(=NC)cc-3oc2c1. The summed E-state index contributed by atoms with van der Waals surface area (Å²) < 4.78 is 6.19. The van der Waals surface area contributed by atoms with E-state index in [0.29, 0.717) is 0 Å². The normalized spacial score (nSPS) is 12.0. The summed E-state index contributed by atoms with van der Waals surface area (Å²) in [4.78, 5) is 8.29. The van der Waals surface area contributed by atoms with Gasteiger partial charge in [0.1, 0.15) is 11.3 Å². The summed E-state index contributed by atoms with van der Waals surface area (Å²) >= 11 is 0. The van der Waals surface area contributed by atoms with Gasteiger partial charge in [0.2, 0.25) is 0 Å². The monoisotopic (exact) mass is 326 g/mol. The number of aryl methyl sites for hydroxylation is 1. The zero-order valence-corrected chi connectivity index (χ0v) is 14.3. The fraction of sp³-hybridized carbons (Fsp3) is 0.0909. The second-order valence-electron chi connectivity index (χ2n) is 6.03. The molecular formula is C22H18N2O. The predicted octanol–water partition coefficient (Wildman–Crippen LogP) is 5.38. The number of fused-ring (bicyclic) bond motifs is 2. The summed E-state index contributed by atoms with van der Waals surface area (Å²) in [6, 6.07) is 20.4. The number of aliphatic imine (C=N–C) groups is 1. The molecule has 0 radical (unpaired) electrons. The van der Waals surface area contributed by atoms with Gasteiger partial charge in [-0.2, -0.15) is 0 Å². The van der Waals surface area contributed by atoms with Gasteiger partial charge in [0.15, 0.2) is 0 Å². The van der Waals surface area contributed by atoms with Crippen molar-refractivity contribution in [2.75, 3.05) is 7.05 Å². The average molecular weight is 326 g/mol. The van der Waals surface area contributed by atoms with Gasteiger partial charge in [-0.3, -0.25) is 9.98 Å². The molecule has 0 bridgehead atoms. The highest BCUT2D eigenvalue weighted by molar-refractivity contribution is 6.03. The third-order valence-electron chi connectivity index (χ3n) is 4.54. The van der Waals surface area contributed by atoms with Crippen LogP contribution >= 0.6 is 0 Å². The molecule has 0 N–H and O–H groups in total. The van der Waals surface area contributed by atoms with Gasteiger partial charge in [0.05, 0.1) is 11.0 Å². The maximum absolute atomic E-state index is 6.19. The van der Waals surface area contributed by atoms with Crippen molar-refractivity contribution in [1.82, 2.24) is 0 Å². The summed E-state index contributed by atoms with van der Waals surface area (Å²) in [5.74, 6) is 0.815. The van der Waals surface area contributed by atoms with E-state index >= 15 is 0 Å². The van der Waals surface area contributed by atoms with E-state index in [9.17, 15) is 0 Å². The number of nitrogens with zero attached hydrogens (tertiary/aromatic N) is 2. The van der Waals surface area contributed by atoms with Gasteiger partial charge in [0.25, 0.3) is 0 Å². The van der Waals surface area contributed by atoms with Crippen molar-refractivity contribution < 1.29 is 4.42 Å². The molecule has 1 heterocycles. The number of hydrogen-bond acceptors (Lipinski definition) is 3. The smallest absolute Gasteiger partial charge is 0.137 e. The van der Waals surface area contributed by atoms with E-state index in [1.54, 1.807) is 7.05 Å². The molecule has 3 nitrogen and oxygen atoms in total. The highest BCUT2D eigenvalue weighted by Crippen LogP contribution is 2.41. The minimum absolute atomic E-state index is 0.794. The standard InChI is InChI=1S/C22H18N2O/c1-14-6-4-5-7-17(14)22-18-10-8-15(23-2)12-20(18)25-21-13-16(24-3)9-11-19(21)22/h4-13H,2H2,1,3H3. The van der Waals surface area contributed by atoms with Gasteiger partial charge in [-0.1, -0.05) is 24.3 Å². The van der Waals surface area contributed by atoms with Crippen LogP contribution in [-0.2, 0) is 0 Å². The molecule has 1 aliphatic heterocycles. The molecule has 2 aromatic carbocycles. The Morgan fingerprint density at radius 3 is 2.52 bits per heavy atom. The number of hydrogen-bond donors (Lipinski definition) is 0. The van der Waals surface area contributed by atoms with E-state index in [-0.39, 0.29) is 0 Å². The molecule has 0 unspecified atom stereocenters. The Bertz CT molecular complexity index is 1140. The minimum Gasteiger partial charge on any atom is -0.456 e. The van der Waals surface area contributed by atoms with Crippen LogP contribution < -0.4 is 5.36 Å². The Balaban J connectivity index is 2.20. The molecule has 2 aliphatic rings. The van der Waals surface area contributed by atoms with Crippen LogP contribution in [0.4, 0.5) is 5.69 Å². The van der Waals surface area contributed by atoms with Crippen LogP contribution in [0.2, 0.25) is 0 Å². The lowest BCUT2D eigenvalue weighted by molar-refractivity contribution is 0.619. The molecular weight excluding hydrogens is 308 g/mol. The molecule has 0 atom stereocenters. The highest BCUT2D eigenvalue weighted by atomic mass is 16.3. The molecule has 0 saturated heterocycles. The predicted molar refractivity (Wildman–Crippen MR) is 104 cm³/mol. The molecule has 25 heavy (non-hydrogen) atoms. The molecule has 4 rings (SSSR count). The summed E-state index contributed by atoms with van der Waals surface area (Å²) in [5.41, 5.74) is 6.27. The summed E-state index contributed by atoms with van der Waals surface area (Å²) in [6.07, 6.45) is 0. The molecule has 3 heteroatoms.